The monoisotopic (exact) mass is 424 g/mol. The van der Waals surface area contributed by atoms with Gasteiger partial charge in [-0.25, -0.2) is 0 Å². The molecule has 0 spiro atoms. The summed E-state index contributed by atoms with van der Waals surface area (Å²) in [6, 6.07) is 11.7. The van der Waals surface area contributed by atoms with Gasteiger partial charge in [0.25, 0.3) is 10.1 Å². The molecule has 29 heavy (non-hydrogen) atoms. The summed E-state index contributed by atoms with van der Waals surface area (Å²) < 4.78 is 45.1. The van der Waals surface area contributed by atoms with Crippen LogP contribution in [0.3, 0.4) is 0 Å². The fraction of sp³-hybridized carbons (Fsp3) is 0.400. The van der Waals surface area contributed by atoms with Crippen LogP contribution in [-0.2, 0) is 38.1 Å². The first-order valence-corrected chi connectivity index (χ1v) is 10.5. The predicted molar refractivity (Wildman–Crippen MR) is 104 cm³/mol. The van der Waals surface area contributed by atoms with Crippen LogP contribution in [-0.4, -0.2) is 47.0 Å². The minimum Gasteiger partial charge on any atom is -0.465 e. The molecular weight excluding hydrogens is 400 g/mol. The fourth-order valence-electron chi connectivity index (χ4n) is 2.42. The summed E-state index contributed by atoms with van der Waals surface area (Å²) in [5.41, 5.74) is -1.98. The molecule has 2 rings (SSSR count). The van der Waals surface area contributed by atoms with Gasteiger partial charge in [-0.15, -0.1) is 0 Å². The Labute approximate surface area is 169 Å². The second-order valence-corrected chi connectivity index (χ2v) is 7.94. The van der Waals surface area contributed by atoms with E-state index in [0.717, 1.165) is 5.39 Å². The van der Waals surface area contributed by atoms with Crippen LogP contribution in [0.2, 0.25) is 0 Å². The van der Waals surface area contributed by atoms with Crippen molar-refractivity contribution in [3.05, 3.63) is 42.5 Å². The number of benzene rings is 2. The summed E-state index contributed by atoms with van der Waals surface area (Å²) in [5.74, 6) is -1.95. The lowest BCUT2D eigenvalue weighted by atomic mass is 9.92. The van der Waals surface area contributed by atoms with E-state index in [9.17, 15) is 18.0 Å². The maximum Gasteiger partial charge on any atom is 0.327 e. The minimum atomic E-state index is -4.24. The number of rotatable bonds is 10. The molecule has 0 aliphatic carbocycles. The number of carbonyl (C=O) groups is 2. The summed E-state index contributed by atoms with van der Waals surface area (Å²) >= 11 is 0. The molecule has 0 radical (unpaired) electrons. The van der Waals surface area contributed by atoms with Gasteiger partial charge < -0.3 is 14.2 Å². The van der Waals surface area contributed by atoms with Crippen LogP contribution in [0.5, 0.6) is 0 Å². The molecule has 0 heterocycles. The van der Waals surface area contributed by atoms with E-state index in [1.54, 1.807) is 32.0 Å². The summed E-state index contributed by atoms with van der Waals surface area (Å²) in [6.45, 7) is 3.64. The SMILES string of the molecule is CCOCOC(=O)C(C)(COS(=O)(=O)c1ccc2ccccc2c1)C(=O)OCC. The standard InChI is InChI=1S/C20H24O8S/c1-4-25-14-27-19(22)20(3,18(21)26-5-2)13-28-29(23,24)17-11-10-15-8-6-7-9-16(15)12-17/h6-12H,4-5,13-14H2,1-3H3. The fourth-order valence-corrected chi connectivity index (χ4v) is 3.45. The van der Waals surface area contributed by atoms with Gasteiger partial charge in [-0.1, -0.05) is 30.3 Å². The van der Waals surface area contributed by atoms with Gasteiger partial charge in [0, 0.05) is 6.61 Å². The van der Waals surface area contributed by atoms with E-state index in [1.807, 2.05) is 12.1 Å². The van der Waals surface area contributed by atoms with Crippen LogP contribution in [0.4, 0.5) is 0 Å². The number of carbonyl (C=O) groups excluding carboxylic acids is 2. The van der Waals surface area contributed by atoms with Crippen LogP contribution in [0.15, 0.2) is 47.4 Å². The quantitative estimate of drug-likeness (QED) is 0.188. The summed E-state index contributed by atoms with van der Waals surface area (Å²) in [6.07, 6.45) is 0. The van der Waals surface area contributed by atoms with Crippen LogP contribution in [0, 0.1) is 5.41 Å². The van der Waals surface area contributed by atoms with E-state index in [0.29, 0.717) is 12.0 Å². The Balaban J connectivity index is 2.23. The topological polar surface area (TPSA) is 105 Å². The number of hydrogen-bond acceptors (Lipinski definition) is 8. The molecule has 0 saturated heterocycles. The molecule has 8 nitrogen and oxygen atoms in total. The second kappa shape index (κ2) is 9.82. The summed E-state index contributed by atoms with van der Waals surface area (Å²) in [7, 11) is -4.24. The smallest absolute Gasteiger partial charge is 0.327 e. The molecule has 0 aliphatic heterocycles. The predicted octanol–water partition coefficient (Wildman–Crippen LogP) is 2.65. The van der Waals surface area contributed by atoms with Crippen molar-refractivity contribution >= 4 is 32.8 Å². The van der Waals surface area contributed by atoms with Gasteiger partial charge in [0.15, 0.2) is 12.2 Å². The molecule has 0 fully saturated rings. The molecule has 0 N–H and O–H groups in total. The normalized spacial score (nSPS) is 13.6. The third-order valence-corrected chi connectivity index (χ3v) is 5.43. The average molecular weight is 424 g/mol. The summed E-state index contributed by atoms with van der Waals surface area (Å²) in [4.78, 5) is 24.6. The Morgan fingerprint density at radius 1 is 0.931 bits per heavy atom. The van der Waals surface area contributed by atoms with Crippen molar-refractivity contribution in [1.82, 2.24) is 0 Å². The van der Waals surface area contributed by atoms with Crippen molar-refractivity contribution in [3.8, 4) is 0 Å². The molecule has 0 bridgehead atoms. The lowest BCUT2D eigenvalue weighted by Crippen LogP contribution is -2.44. The molecule has 0 aliphatic rings. The van der Waals surface area contributed by atoms with E-state index >= 15 is 0 Å². The highest BCUT2D eigenvalue weighted by Crippen LogP contribution is 2.26. The first kappa shape index (κ1) is 22.8. The molecule has 1 atom stereocenters. The molecule has 0 aromatic heterocycles. The lowest BCUT2D eigenvalue weighted by Gasteiger charge is -2.24. The Kier molecular flexibility index (Phi) is 7.72. The van der Waals surface area contributed by atoms with Crippen molar-refractivity contribution in [2.24, 2.45) is 5.41 Å². The van der Waals surface area contributed by atoms with Gasteiger partial charge >= 0.3 is 11.9 Å². The highest BCUT2D eigenvalue weighted by molar-refractivity contribution is 7.86. The molecular formula is C20H24O8S. The van der Waals surface area contributed by atoms with E-state index < -0.39 is 34.1 Å². The van der Waals surface area contributed by atoms with Gasteiger partial charge in [0.05, 0.1) is 18.1 Å². The maximum absolute atomic E-state index is 12.6. The average Bonchev–Trinajstić information content (AvgIpc) is 2.72. The zero-order valence-corrected chi connectivity index (χ0v) is 17.4. The maximum atomic E-state index is 12.6. The van der Waals surface area contributed by atoms with Gasteiger partial charge in [-0.2, -0.15) is 8.42 Å². The van der Waals surface area contributed by atoms with Gasteiger partial charge in [0.1, 0.15) is 0 Å². The number of fused-ring (bicyclic) bond motifs is 1. The van der Waals surface area contributed by atoms with Crippen molar-refractivity contribution < 1.29 is 36.4 Å². The van der Waals surface area contributed by atoms with E-state index in [-0.39, 0.29) is 18.3 Å². The van der Waals surface area contributed by atoms with Crippen LogP contribution < -0.4 is 0 Å². The Morgan fingerprint density at radius 2 is 1.59 bits per heavy atom. The molecule has 0 saturated carbocycles. The molecule has 2 aromatic carbocycles. The van der Waals surface area contributed by atoms with E-state index in [2.05, 4.69) is 0 Å². The van der Waals surface area contributed by atoms with Crippen molar-refractivity contribution in [2.45, 2.75) is 25.7 Å². The lowest BCUT2D eigenvalue weighted by molar-refractivity contribution is -0.180. The van der Waals surface area contributed by atoms with E-state index in [1.165, 1.54) is 19.1 Å². The Hall–Kier alpha value is -2.49. The zero-order valence-electron chi connectivity index (χ0n) is 16.5. The molecule has 0 amide bonds. The first-order chi connectivity index (χ1) is 13.7. The Bertz CT molecular complexity index is 969. The molecule has 2 aromatic rings. The van der Waals surface area contributed by atoms with Gasteiger partial charge in [-0.3, -0.25) is 13.8 Å². The van der Waals surface area contributed by atoms with Crippen LogP contribution in [0.1, 0.15) is 20.8 Å². The molecule has 1 unspecified atom stereocenters. The zero-order chi connectivity index (χ0) is 21.5. The Morgan fingerprint density at radius 3 is 2.24 bits per heavy atom. The first-order valence-electron chi connectivity index (χ1n) is 9.05. The molecule has 9 heteroatoms. The second-order valence-electron chi connectivity index (χ2n) is 6.32. The van der Waals surface area contributed by atoms with Crippen molar-refractivity contribution in [1.29, 1.82) is 0 Å². The highest BCUT2D eigenvalue weighted by Gasteiger charge is 2.46. The third-order valence-electron chi connectivity index (χ3n) is 4.17. The minimum absolute atomic E-state index is 0.00455. The van der Waals surface area contributed by atoms with Crippen molar-refractivity contribution in [3.63, 3.8) is 0 Å². The van der Waals surface area contributed by atoms with E-state index in [4.69, 9.17) is 18.4 Å². The number of ether oxygens (including phenoxy) is 3. The number of esters is 2. The summed E-state index contributed by atoms with van der Waals surface area (Å²) in [5, 5.41) is 1.57. The van der Waals surface area contributed by atoms with Crippen LogP contribution in [0.25, 0.3) is 10.8 Å². The van der Waals surface area contributed by atoms with Gasteiger partial charge in [-0.05, 0) is 43.7 Å². The highest BCUT2D eigenvalue weighted by atomic mass is 32.2. The third kappa shape index (κ3) is 5.53. The largest absolute Gasteiger partial charge is 0.465 e. The van der Waals surface area contributed by atoms with Crippen molar-refractivity contribution in [2.75, 3.05) is 26.6 Å². The number of hydrogen-bond donors (Lipinski definition) is 0. The van der Waals surface area contributed by atoms with Crippen LogP contribution >= 0.6 is 0 Å². The van der Waals surface area contributed by atoms with Gasteiger partial charge in [0.2, 0.25) is 0 Å². The molecule has 158 valence electrons.